The first-order valence-corrected chi connectivity index (χ1v) is 12.1. The Balaban J connectivity index is 1.99. The molecule has 0 saturated carbocycles. The fourth-order valence-electron chi connectivity index (χ4n) is 4.64. The molecule has 7 nitrogen and oxygen atoms in total. The zero-order valence-corrected chi connectivity index (χ0v) is 20.9. The van der Waals surface area contributed by atoms with Gasteiger partial charge >= 0.3 is 0 Å². The Morgan fingerprint density at radius 2 is 2.00 bits per heavy atom. The largest absolute Gasteiger partial charge is 0.390 e. The van der Waals surface area contributed by atoms with Crippen LogP contribution in [0.4, 0.5) is 8.78 Å². The molecule has 0 radical (unpaired) electrons. The summed E-state index contributed by atoms with van der Waals surface area (Å²) in [7, 11) is 1.63. The fourth-order valence-corrected chi connectivity index (χ4v) is 4.64. The molecule has 0 aliphatic carbocycles. The van der Waals surface area contributed by atoms with Crippen LogP contribution in [-0.4, -0.2) is 70.5 Å². The Morgan fingerprint density at radius 1 is 1.29 bits per heavy atom. The number of nitrogens with zero attached hydrogens (tertiary/aromatic N) is 3. The molecule has 1 saturated heterocycles. The Labute approximate surface area is 200 Å². The Hall–Kier alpha value is -2.10. The zero-order valence-electron chi connectivity index (χ0n) is 20.9. The van der Waals surface area contributed by atoms with Gasteiger partial charge in [0.25, 0.3) is 5.91 Å². The predicted octanol–water partition coefficient (Wildman–Crippen LogP) is 3.59. The average Bonchev–Trinajstić information content (AvgIpc) is 3.11. The number of imidazole rings is 1. The Kier molecular flexibility index (Phi) is 8.65. The van der Waals surface area contributed by atoms with Gasteiger partial charge in [-0.15, -0.1) is 0 Å². The molecule has 2 N–H and O–H groups in total. The molecule has 0 bridgehead atoms. The molecule has 1 aromatic carbocycles. The van der Waals surface area contributed by atoms with Crippen molar-refractivity contribution in [2.24, 2.45) is 11.8 Å². The monoisotopic (exact) mass is 480 g/mol. The average molecular weight is 481 g/mol. The van der Waals surface area contributed by atoms with Gasteiger partial charge < -0.3 is 24.6 Å². The van der Waals surface area contributed by atoms with E-state index in [9.17, 15) is 18.7 Å². The van der Waals surface area contributed by atoms with Gasteiger partial charge in [-0.3, -0.25) is 4.79 Å². The van der Waals surface area contributed by atoms with Gasteiger partial charge in [-0.2, -0.15) is 0 Å². The second-order valence-electron chi connectivity index (χ2n) is 10.3. The lowest BCUT2D eigenvalue weighted by molar-refractivity contribution is -0.0113. The highest BCUT2D eigenvalue weighted by Gasteiger charge is 2.37. The molecule has 2 atom stereocenters. The zero-order chi connectivity index (χ0) is 25.0. The maximum atomic E-state index is 14.1. The number of piperidine rings is 1. The number of ether oxygens (including phenoxy) is 1. The van der Waals surface area contributed by atoms with E-state index in [0.717, 1.165) is 18.6 Å². The number of rotatable bonds is 10. The second kappa shape index (κ2) is 11.1. The van der Waals surface area contributed by atoms with Crippen molar-refractivity contribution in [1.29, 1.82) is 0 Å². The lowest BCUT2D eigenvalue weighted by atomic mass is 9.82. The number of hydrogen-bond acceptors (Lipinski definition) is 5. The number of methoxy groups -OCH3 is 1. The van der Waals surface area contributed by atoms with E-state index in [4.69, 9.17) is 4.74 Å². The third-order valence-electron chi connectivity index (χ3n) is 6.55. The summed E-state index contributed by atoms with van der Waals surface area (Å²) in [6.07, 6.45) is 2.13. The molecule has 1 aliphatic rings. The Bertz CT molecular complexity index is 987. The lowest BCUT2D eigenvalue weighted by Crippen LogP contribution is -2.55. The molecule has 1 fully saturated rings. The highest BCUT2D eigenvalue weighted by Crippen LogP contribution is 2.28. The molecular weight excluding hydrogens is 442 g/mol. The number of aliphatic hydroxyl groups is 1. The van der Waals surface area contributed by atoms with Gasteiger partial charge in [0.05, 0.1) is 16.6 Å². The number of carbonyl (C=O) groups excluding carboxylic acids is 1. The SMILES string of the molecule is COCCCCn1c(C(=O)N(CC(C)C)[C@@H]2CNCC(C(C)(C)O)C2)nc2cc(F)c(F)cc21. The van der Waals surface area contributed by atoms with Crippen LogP contribution in [0.3, 0.4) is 0 Å². The van der Waals surface area contributed by atoms with Gasteiger partial charge in [0.2, 0.25) is 0 Å². The molecule has 190 valence electrons. The summed E-state index contributed by atoms with van der Waals surface area (Å²) in [5.74, 6) is -1.83. The van der Waals surface area contributed by atoms with E-state index >= 15 is 0 Å². The summed E-state index contributed by atoms with van der Waals surface area (Å²) in [4.78, 5) is 20.2. The van der Waals surface area contributed by atoms with Crippen LogP contribution in [0, 0.1) is 23.5 Å². The van der Waals surface area contributed by atoms with Crippen molar-refractivity contribution < 1.29 is 23.4 Å². The minimum atomic E-state index is -0.987. The van der Waals surface area contributed by atoms with E-state index in [1.165, 1.54) is 0 Å². The van der Waals surface area contributed by atoms with E-state index in [1.54, 1.807) is 25.5 Å². The molecule has 1 aromatic heterocycles. The van der Waals surface area contributed by atoms with Crippen LogP contribution in [0.25, 0.3) is 11.0 Å². The molecule has 1 amide bonds. The van der Waals surface area contributed by atoms with Gasteiger partial charge in [-0.1, -0.05) is 13.8 Å². The van der Waals surface area contributed by atoms with E-state index in [2.05, 4.69) is 10.3 Å². The maximum absolute atomic E-state index is 14.1. The van der Waals surface area contributed by atoms with Crippen LogP contribution in [0.15, 0.2) is 12.1 Å². The Morgan fingerprint density at radius 3 is 2.65 bits per heavy atom. The van der Waals surface area contributed by atoms with Crippen LogP contribution in [0.2, 0.25) is 0 Å². The molecule has 2 aromatic rings. The van der Waals surface area contributed by atoms with E-state index in [0.29, 0.717) is 51.1 Å². The quantitative estimate of drug-likeness (QED) is 0.508. The predicted molar refractivity (Wildman–Crippen MR) is 128 cm³/mol. The first kappa shape index (κ1) is 26.5. The maximum Gasteiger partial charge on any atom is 0.290 e. The molecule has 34 heavy (non-hydrogen) atoms. The summed E-state index contributed by atoms with van der Waals surface area (Å²) in [6.45, 7) is 10.5. The van der Waals surface area contributed by atoms with E-state index in [1.807, 2.05) is 18.7 Å². The summed E-state index contributed by atoms with van der Waals surface area (Å²) >= 11 is 0. The number of aromatic nitrogens is 2. The summed E-state index contributed by atoms with van der Waals surface area (Å²) < 4.78 is 34.9. The van der Waals surface area contributed by atoms with Crippen molar-refractivity contribution in [2.45, 2.75) is 65.1 Å². The highest BCUT2D eigenvalue weighted by molar-refractivity contribution is 5.95. The van der Waals surface area contributed by atoms with Crippen LogP contribution in [-0.2, 0) is 11.3 Å². The number of aryl methyl sites for hydroxylation is 1. The van der Waals surface area contributed by atoms with Crippen molar-refractivity contribution in [3.63, 3.8) is 0 Å². The third-order valence-corrected chi connectivity index (χ3v) is 6.55. The molecule has 2 heterocycles. The summed E-state index contributed by atoms with van der Waals surface area (Å²) in [6, 6.07) is 2.03. The second-order valence-corrected chi connectivity index (χ2v) is 10.3. The van der Waals surface area contributed by atoms with Crippen LogP contribution in [0.1, 0.15) is 57.6 Å². The molecular formula is C25H38F2N4O3. The first-order valence-electron chi connectivity index (χ1n) is 12.1. The number of amides is 1. The van der Waals surface area contributed by atoms with Crippen molar-refractivity contribution in [1.82, 2.24) is 19.8 Å². The minimum absolute atomic E-state index is 0.00948. The number of fused-ring (bicyclic) bond motifs is 1. The van der Waals surface area contributed by atoms with Crippen molar-refractivity contribution in [3.05, 3.63) is 29.6 Å². The number of nitrogens with one attached hydrogen (secondary N) is 1. The van der Waals surface area contributed by atoms with Crippen molar-refractivity contribution in [3.8, 4) is 0 Å². The smallest absolute Gasteiger partial charge is 0.290 e. The van der Waals surface area contributed by atoms with Crippen LogP contribution in [0.5, 0.6) is 0 Å². The number of benzene rings is 1. The molecule has 3 rings (SSSR count). The number of carbonyl (C=O) groups is 1. The van der Waals surface area contributed by atoms with Gasteiger partial charge in [-0.05, 0) is 39.0 Å². The van der Waals surface area contributed by atoms with Crippen LogP contribution < -0.4 is 5.32 Å². The molecule has 1 aliphatic heterocycles. The lowest BCUT2D eigenvalue weighted by Gasteiger charge is -2.42. The van der Waals surface area contributed by atoms with Crippen molar-refractivity contribution in [2.75, 3.05) is 33.4 Å². The third kappa shape index (κ3) is 6.12. The number of hydrogen-bond donors (Lipinski definition) is 2. The minimum Gasteiger partial charge on any atom is -0.390 e. The van der Waals surface area contributed by atoms with E-state index < -0.39 is 17.2 Å². The van der Waals surface area contributed by atoms with Crippen molar-refractivity contribution >= 4 is 16.9 Å². The number of halogens is 2. The van der Waals surface area contributed by atoms with Crippen LogP contribution >= 0.6 is 0 Å². The van der Waals surface area contributed by atoms with Gasteiger partial charge in [0, 0.05) is 64.0 Å². The van der Waals surface area contributed by atoms with Gasteiger partial charge in [-0.25, -0.2) is 13.8 Å². The normalized spacial score (nSPS) is 19.2. The molecule has 0 spiro atoms. The summed E-state index contributed by atoms with van der Waals surface area (Å²) in [5, 5.41) is 13.9. The fraction of sp³-hybridized carbons (Fsp3) is 0.680. The summed E-state index contributed by atoms with van der Waals surface area (Å²) in [5.41, 5.74) is -0.211. The van der Waals surface area contributed by atoms with Gasteiger partial charge in [0.15, 0.2) is 17.5 Å². The number of unbranched alkanes of at least 4 members (excludes halogenated alkanes) is 1. The molecule has 9 heteroatoms. The first-order chi connectivity index (χ1) is 16.0. The standard InChI is InChI=1S/C25H38F2N4O3/c1-16(2)15-31(18-10-17(13-28-14-18)25(3,4)33)24(32)23-29-21-11-19(26)20(27)12-22(21)30(23)8-6-7-9-34-5/h11-12,16-18,28,33H,6-10,13-15H2,1-5H3/t17?,18-/m0/s1. The topological polar surface area (TPSA) is 79.6 Å². The molecule has 1 unspecified atom stereocenters. The highest BCUT2D eigenvalue weighted by atomic mass is 19.2. The van der Waals surface area contributed by atoms with Gasteiger partial charge in [0.1, 0.15) is 0 Å². The van der Waals surface area contributed by atoms with E-state index in [-0.39, 0.29) is 35.1 Å².